The molecule has 0 radical (unpaired) electrons. The fourth-order valence-electron chi connectivity index (χ4n) is 4.29. The highest BCUT2D eigenvalue weighted by Crippen LogP contribution is 2.37. The lowest BCUT2D eigenvalue weighted by molar-refractivity contribution is 0.111. The van der Waals surface area contributed by atoms with Crippen LogP contribution in [-0.2, 0) is 10.0 Å². The number of sulfonamides is 1. The number of benzene rings is 1. The van der Waals surface area contributed by atoms with Gasteiger partial charge in [0.2, 0.25) is 10.0 Å². The Hall–Kier alpha value is -0.560. The first-order valence-electron chi connectivity index (χ1n) is 9.56. The Morgan fingerprint density at radius 3 is 2.08 bits per heavy atom. The lowest BCUT2D eigenvalue weighted by Crippen LogP contribution is -2.51. The van der Waals surface area contributed by atoms with E-state index in [0.29, 0.717) is 4.90 Å². The Bertz CT molecular complexity index is 662. The lowest BCUT2D eigenvalue weighted by Gasteiger charge is -2.42. The molecule has 3 aliphatic rings. The summed E-state index contributed by atoms with van der Waals surface area (Å²) in [7, 11) is -3.37. The van der Waals surface area contributed by atoms with Crippen molar-refractivity contribution in [1.82, 2.24) is 9.21 Å². The second kappa shape index (κ2) is 7.59. The topological polar surface area (TPSA) is 40.6 Å². The Morgan fingerprint density at radius 1 is 0.880 bits per heavy atom. The molecule has 1 aromatic carbocycles. The second-order valence-electron chi connectivity index (χ2n) is 7.49. The highest BCUT2D eigenvalue weighted by molar-refractivity contribution is 7.99. The Labute approximate surface area is 156 Å². The van der Waals surface area contributed by atoms with Crippen LogP contribution in [0, 0.1) is 0 Å². The molecule has 1 saturated carbocycles. The minimum absolute atomic E-state index is 0.173. The summed E-state index contributed by atoms with van der Waals surface area (Å²) in [5.74, 6) is 2.56. The summed E-state index contributed by atoms with van der Waals surface area (Å²) in [6.07, 6.45) is 6.59. The molecule has 2 aliphatic heterocycles. The summed E-state index contributed by atoms with van der Waals surface area (Å²) < 4.78 is 28.3. The van der Waals surface area contributed by atoms with Crippen molar-refractivity contribution in [3.05, 3.63) is 30.3 Å². The van der Waals surface area contributed by atoms with E-state index in [1.807, 2.05) is 22.5 Å². The van der Waals surface area contributed by atoms with Crippen LogP contribution in [0.25, 0.3) is 0 Å². The molecule has 4 nitrogen and oxygen atoms in total. The number of thioether (sulfide) groups is 1. The van der Waals surface area contributed by atoms with Crippen LogP contribution >= 0.6 is 11.8 Å². The number of likely N-dealkylation sites (tertiary alicyclic amines) is 1. The summed E-state index contributed by atoms with van der Waals surface area (Å²) in [5, 5.41) is 0. The van der Waals surface area contributed by atoms with Gasteiger partial charge in [0.1, 0.15) is 0 Å². The van der Waals surface area contributed by atoms with Gasteiger partial charge in [0.05, 0.1) is 4.90 Å². The average Bonchev–Trinajstić information content (AvgIpc) is 3.49. The largest absolute Gasteiger partial charge is 0.300 e. The van der Waals surface area contributed by atoms with Crippen molar-refractivity contribution in [2.24, 2.45) is 0 Å². The van der Waals surface area contributed by atoms with Crippen molar-refractivity contribution < 1.29 is 8.42 Å². The van der Waals surface area contributed by atoms with Gasteiger partial charge < -0.3 is 4.90 Å². The van der Waals surface area contributed by atoms with Crippen molar-refractivity contribution in [2.45, 2.75) is 61.5 Å². The van der Waals surface area contributed by atoms with Gasteiger partial charge in [-0.05, 0) is 75.3 Å². The summed E-state index contributed by atoms with van der Waals surface area (Å²) in [5.41, 5.74) is 0. The van der Waals surface area contributed by atoms with E-state index in [1.54, 1.807) is 12.1 Å². The maximum Gasteiger partial charge on any atom is 0.243 e. The van der Waals surface area contributed by atoms with Gasteiger partial charge in [0, 0.05) is 18.1 Å². The zero-order valence-electron chi connectivity index (χ0n) is 14.7. The fraction of sp³-hybridized carbons (Fsp3) is 0.684. The second-order valence-corrected chi connectivity index (χ2v) is 10.6. The van der Waals surface area contributed by atoms with Crippen molar-refractivity contribution in [3.8, 4) is 0 Å². The minimum atomic E-state index is -3.37. The van der Waals surface area contributed by atoms with Gasteiger partial charge in [0.15, 0.2) is 0 Å². The maximum absolute atomic E-state index is 13.2. The zero-order chi connectivity index (χ0) is 17.3. The Balaban J connectivity index is 1.46. The third kappa shape index (κ3) is 3.92. The Kier molecular flexibility index (Phi) is 5.41. The van der Waals surface area contributed by atoms with Crippen LogP contribution in [0.5, 0.6) is 0 Å². The molecular weight excluding hydrogens is 352 g/mol. The first-order valence-corrected chi connectivity index (χ1v) is 12.2. The van der Waals surface area contributed by atoms with Crippen molar-refractivity contribution in [1.29, 1.82) is 0 Å². The van der Waals surface area contributed by atoms with Gasteiger partial charge in [-0.1, -0.05) is 18.2 Å². The van der Waals surface area contributed by atoms with E-state index in [9.17, 15) is 8.42 Å². The average molecular weight is 381 g/mol. The summed E-state index contributed by atoms with van der Waals surface area (Å²) >= 11 is 2.07. The van der Waals surface area contributed by atoms with Gasteiger partial charge in [0.25, 0.3) is 0 Å². The van der Waals surface area contributed by atoms with Crippen LogP contribution in [-0.4, -0.2) is 60.3 Å². The van der Waals surface area contributed by atoms with E-state index < -0.39 is 10.0 Å². The van der Waals surface area contributed by atoms with E-state index in [-0.39, 0.29) is 12.1 Å². The molecule has 1 aliphatic carbocycles. The van der Waals surface area contributed by atoms with Gasteiger partial charge in [-0.2, -0.15) is 16.1 Å². The first kappa shape index (κ1) is 17.8. The molecule has 0 atom stereocenters. The van der Waals surface area contributed by atoms with Crippen molar-refractivity contribution in [3.63, 3.8) is 0 Å². The maximum atomic E-state index is 13.2. The van der Waals surface area contributed by atoms with Gasteiger partial charge in [-0.25, -0.2) is 8.42 Å². The summed E-state index contributed by atoms with van der Waals surface area (Å²) in [6.45, 7) is 2.10. The van der Waals surface area contributed by atoms with Gasteiger partial charge >= 0.3 is 0 Å². The van der Waals surface area contributed by atoms with Crippen LogP contribution in [0.4, 0.5) is 0 Å². The van der Waals surface area contributed by atoms with Gasteiger partial charge in [-0.3, -0.25) is 0 Å². The number of nitrogens with zero attached hydrogens (tertiary/aromatic N) is 2. The lowest BCUT2D eigenvalue weighted by atomic mass is 10.0. The standard InChI is InChI=1S/C19H28N2O2S2/c22-25(23,19-4-2-1-3-5-19)21(17-6-7-17)18-8-12-20(13-9-18)16-10-14-24-15-11-16/h1-5,16-18H,6-15H2. The van der Waals surface area contributed by atoms with Crippen LogP contribution < -0.4 is 0 Å². The highest BCUT2D eigenvalue weighted by Gasteiger charge is 2.43. The number of piperidine rings is 1. The van der Waals surface area contributed by atoms with Crippen LogP contribution in [0.3, 0.4) is 0 Å². The summed E-state index contributed by atoms with van der Waals surface area (Å²) in [6, 6.07) is 10.1. The van der Waals surface area contributed by atoms with E-state index in [2.05, 4.69) is 16.7 Å². The normalized spacial score (nSPS) is 24.7. The molecule has 6 heteroatoms. The molecule has 0 aromatic heterocycles. The van der Waals surface area contributed by atoms with E-state index in [1.165, 1.54) is 24.3 Å². The van der Waals surface area contributed by atoms with E-state index >= 15 is 0 Å². The molecule has 3 fully saturated rings. The molecule has 1 aromatic rings. The molecule has 25 heavy (non-hydrogen) atoms. The highest BCUT2D eigenvalue weighted by atomic mass is 32.2. The molecule has 138 valence electrons. The predicted molar refractivity (Wildman–Crippen MR) is 103 cm³/mol. The number of rotatable bonds is 5. The Morgan fingerprint density at radius 2 is 1.48 bits per heavy atom. The van der Waals surface area contributed by atoms with Gasteiger partial charge in [-0.15, -0.1) is 0 Å². The van der Waals surface area contributed by atoms with Crippen molar-refractivity contribution in [2.75, 3.05) is 24.6 Å². The molecule has 0 bridgehead atoms. The third-order valence-corrected chi connectivity index (χ3v) is 8.86. The minimum Gasteiger partial charge on any atom is -0.300 e. The molecule has 2 heterocycles. The molecule has 0 N–H and O–H groups in total. The number of hydrogen-bond donors (Lipinski definition) is 0. The fourth-order valence-corrected chi connectivity index (χ4v) is 7.32. The zero-order valence-corrected chi connectivity index (χ0v) is 16.4. The molecular formula is C19H28N2O2S2. The molecule has 2 saturated heterocycles. The molecule has 0 spiro atoms. The van der Waals surface area contributed by atoms with Crippen LogP contribution in [0.2, 0.25) is 0 Å². The molecule has 0 unspecified atom stereocenters. The van der Waals surface area contributed by atoms with E-state index in [0.717, 1.165) is 44.8 Å². The third-order valence-electron chi connectivity index (χ3n) is 5.79. The van der Waals surface area contributed by atoms with Crippen molar-refractivity contribution >= 4 is 21.8 Å². The van der Waals surface area contributed by atoms with Crippen LogP contribution in [0.15, 0.2) is 35.2 Å². The molecule has 4 rings (SSSR count). The van der Waals surface area contributed by atoms with Crippen LogP contribution in [0.1, 0.15) is 38.5 Å². The van der Waals surface area contributed by atoms with E-state index in [4.69, 9.17) is 0 Å². The number of hydrogen-bond acceptors (Lipinski definition) is 4. The molecule has 0 amide bonds. The predicted octanol–water partition coefficient (Wildman–Crippen LogP) is 3.20. The first-order chi connectivity index (χ1) is 12.2. The summed E-state index contributed by atoms with van der Waals surface area (Å²) in [4.78, 5) is 3.07. The smallest absolute Gasteiger partial charge is 0.243 e. The quantitative estimate of drug-likeness (QED) is 0.787. The SMILES string of the molecule is O=S(=O)(c1ccccc1)N(C1CC1)C1CCN(C2CCSCC2)CC1. The monoisotopic (exact) mass is 380 g/mol.